The lowest BCUT2D eigenvalue weighted by atomic mass is 9.86. The third-order valence-electron chi connectivity index (χ3n) is 5.08. The van der Waals surface area contributed by atoms with Crippen molar-refractivity contribution < 1.29 is 23.4 Å². The van der Waals surface area contributed by atoms with Crippen LogP contribution in [0.1, 0.15) is 43.1 Å². The Kier molecular flexibility index (Phi) is 7.19. The van der Waals surface area contributed by atoms with Crippen molar-refractivity contribution >= 4 is 17.0 Å². The summed E-state index contributed by atoms with van der Waals surface area (Å²) in [4.78, 5) is 15.7. The summed E-state index contributed by atoms with van der Waals surface area (Å²) in [5.74, 6) is -0.363. The van der Waals surface area contributed by atoms with Crippen molar-refractivity contribution in [3.05, 3.63) is 66.0 Å². The smallest absolute Gasteiger partial charge is 0.309 e. The lowest BCUT2D eigenvalue weighted by molar-refractivity contribution is -0.147. The molecule has 3 rings (SSSR count). The number of carboxylic acid groups (broad SMARTS) is 1. The lowest BCUT2D eigenvalue weighted by Gasteiger charge is -2.25. The standard InChI is InChI=1S/C22H25N3O5S/c1-22(2,21(26)27)10-8-20(31(28)29)16-5-3-4-15(12-16)14-30-17-6-7-18(23-13-17)19-9-11-24-25-19/h3-7,9,11-13,20H,8,10,14H2,1-2H3,(H,24,25)(H,26,27)(H,28,29)/p-1. The number of nitrogens with zero attached hydrogens (tertiary/aromatic N) is 2. The minimum Gasteiger partial charge on any atom is -0.772 e. The predicted molar refractivity (Wildman–Crippen MR) is 115 cm³/mol. The molecule has 9 heteroatoms. The summed E-state index contributed by atoms with van der Waals surface area (Å²) in [5, 5.41) is 15.2. The average molecular weight is 443 g/mol. The van der Waals surface area contributed by atoms with Crippen LogP contribution in [0, 0.1) is 5.41 Å². The van der Waals surface area contributed by atoms with Gasteiger partial charge in [-0.15, -0.1) is 0 Å². The number of aromatic nitrogens is 3. The fourth-order valence-electron chi connectivity index (χ4n) is 3.05. The first-order valence-electron chi connectivity index (χ1n) is 9.75. The summed E-state index contributed by atoms with van der Waals surface area (Å²) in [7, 11) is 0. The fraction of sp³-hybridized carbons (Fsp3) is 0.318. The van der Waals surface area contributed by atoms with Gasteiger partial charge < -0.3 is 14.4 Å². The number of ether oxygens (including phenoxy) is 1. The van der Waals surface area contributed by atoms with Gasteiger partial charge in [-0.1, -0.05) is 24.3 Å². The molecule has 164 valence electrons. The second-order valence-electron chi connectivity index (χ2n) is 7.86. The van der Waals surface area contributed by atoms with Gasteiger partial charge in [0.2, 0.25) is 0 Å². The van der Waals surface area contributed by atoms with Crippen molar-refractivity contribution in [3.8, 4) is 17.1 Å². The number of aromatic amines is 1. The van der Waals surface area contributed by atoms with Crippen molar-refractivity contribution in [2.24, 2.45) is 5.41 Å². The third-order valence-corrected chi connectivity index (χ3v) is 6.06. The van der Waals surface area contributed by atoms with Gasteiger partial charge in [0, 0.05) is 11.4 Å². The molecule has 8 nitrogen and oxygen atoms in total. The highest BCUT2D eigenvalue weighted by molar-refractivity contribution is 7.79. The quantitative estimate of drug-likeness (QED) is 0.456. The van der Waals surface area contributed by atoms with E-state index < -0.39 is 27.7 Å². The van der Waals surface area contributed by atoms with Gasteiger partial charge in [-0.3, -0.25) is 19.1 Å². The van der Waals surface area contributed by atoms with Crippen LogP contribution in [0.3, 0.4) is 0 Å². The lowest BCUT2D eigenvalue weighted by Crippen LogP contribution is -2.24. The zero-order valence-electron chi connectivity index (χ0n) is 17.3. The second kappa shape index (κ2) is 9.84. The fourth-order valence-corrected chi connectivity index (χ4v) is 3.73. The van der Waals surface area contributed by atoms with Crippen LogP contribution in [0.2, 0.25) is 0 Å². The van der Waals surface area contributed by atoms with E-state index in [1.807, 2.05) is 18.2 Å². The van der Waals surface area contributed by atoms with E-state index >= 15 is 0 Å². The monoisotopic (exact) mass is 442 g/mol. The van der Waals surface area contributed by atoms with Crippen LogP contribution < -0.4 is 4.74 Å². The number of benzene rings is 1. The molecular weight excluding hydrogens is 418 g/mol. The van der Waals surface area contributed by atoms with Gasteiger partial charge in [0.05, 0.1) is 23.0 Å². The minimum absolute atomic E-state index is 0.221. The first-order chi connectivity index (χ1) is 14.8. The Bertz CT molecular complexity index is 1040. The summed E-state index contributed by atoms with van der Waals surface area (Å²) in [6.07, 6.45) is 3.73. The molecule has 2 heterocycles. The topological polar surface area (TPSA) is 128 Å². The van der Waals surface area contributed by atoms with E-state index in [0.29, 0.717) is 11.3 Å². The minimum atomic E-state index is -2.37. The van der Waals surface area contributed by atoms with Crippen LogP contribution in [0.5, 0.6) is 5.75 Å². The van der Waals surface area contributed by atoms with E-state index in [9.17, 15) is 18.7 Å². The van der Waals surface area contributed by atoms with E-state index in [4.69, 9.17) is 4.74 Å². The van der Waals surface area contributed by atoms with Crippen LogP contribution in [-0.4, -0.2) is 35.0 Å². The van der Waals surface area contributed by atoms with Crippen molar-refractivity contribution in [2.75, 3.05) is 0 Å². The number of nitrogens with one attached hydrogen (secondary N) is 1. The second-order valence-corrected chi connectivity index (χ2v) is 8.95. The molecule has 3 aromatic rings. The number of H-pyrrole nitrogens is 1. The van der Waals surface area contributed by atoms with Crippen LogP contribution in [-0.2, 0) is 22.5 Å². The zero-order chi connectivity index (χ0) is 22.4. The van der Waals surface area contributed by atoms with Gasteiger partial charge in [0.25, 0.3) is 0 Å². The molecule has 0 aliphatic carbocycles. The summed E-state index contributed by atoms with van der Waals surface area (Å²) in [6.45, 7) is 3.43. The molecule has 0 saturated carbocycles. The highest BCUT2D eigenvalue weighted by Gasteiger charge is 2.28. The first-order valence-corrected chi connectivity index (χ1v) is 10.9. The normalized spacial score (nSPS) is 13.5. The van der Waals surface area contributed by atoms with Gasteiger partial charge in [0.1, 0.15) is 12.4 Å². The Hall–Kier alpha value is -3.04. The Morgan fingerprint density at radius 1 is 1.29 bits per heavy atom. The molecule has 1 aromatic carbocycles. The SMILES string of the molecule is CC(C)(CCC(c1cccc(COc2ccc(-c3ccn[nH]3)nc2)c1)S(=O)[O-])C(=O)O. The van der Waals surface area contributed by atoms with E-state index in [0.717, 1.165) is 17.0 Å². The number of rotatable bonds is 10. The van der Waals surface area contributed by atoms with Gasteiger partial charge >= 0.3 is 5.97 Å². The maximum atomic E-state index is 11.8. The number of hydrogen-bond donors (Lipinski definition) is 2. The van der Waals surface area contributed by atoms with Crippen molar-refractivity contribution in [1.82, 2.24) is 15.2 Å². The number of carboxylic acids is 1. The summed E-state index contributed by atoms with van der Waals surface area (Å²) >= 11 is -2.37. The van der Waals surface area contributed by atoms with Crippen LogP contribution in [0.4, 0.5) is 0 Å². The summed E-state index contributed by atoms with van der Waals surface area (Å²) < 4.78 is 29.4. The Balaban J connectivity index is 1.65. The van der Waals surface area contributed by atoms with Crippen molar-refractivity contribution in [1.29, 1.82) is 0 Å². The van der Waals surface area contributed by atoms with E-state index in [2.05, 4.69) is 15.2 Å². The molecule has 2 aromatic heterocycles. The van der Waals surface area contributed by atoms with Crippen LogP contribution in [0.15, 0.2) is 54.9 Å². The van der Waals surface area contributed by atoms with E-state index in [1.54, 1.807) is 50.5 Å². The van der Waals surface area contributed by atoms with Crippen molar-refractivity contribution in [3.63, 3.8) is 0 Å². The highest BCUT2D eigenvalue weighted by atomic mass is 32.2. The Morgan fingerprint density at radius 3 is 2.71 bits per heavy atom. The van der Waals surface area contributed by atoms with E-state index in [-0.39, 0.29) is 19.4 Å². The Labute approximate surface area is 183 Å². The molecule has 31 heavy (non-hydrogen) atoms. The molecule has 2 unspecified atom stereocenters. The molecule has 2 atom stereocenters. The predicted octanol–water partition coefficient (Wildman–Crippen LogP) is 3.86. The summed E-state index contributed by atoms with van der Waals surface area (Å²) in [6, 6.07) is 12.6. The molecule has 0 saturated heterocycles. The van der Waals surface area contributed by atoms with Crippen molar-refractivity contribution in [2.45, 2.75) is 38.5 Å². The van der Waals surface area contributed by atoms with E-state index in [1.165, 1.54) is 0 Å². The summed E-state index contributed by atoms with van der Waals surface area (Å²) in [5.41, 5.74) is 1.98. The van der Waals surface area contributed by atoms with Gasteiger partial charge in [-0.2, -0.15) is 5.10 Å². The molecule has 0 aliphatic rings. The highest BCUT2D eigenvalue weighted by Crippen LogP contribution is 2.32. The first kappa shape index (κ1) is 22.6. The number of hydrogen-bond acceptors (Lipinski definition) is 6. The van der Waals surface area contributed by atoms with Gasteiger partial charge in [-0.05, 0) is 67.1 Å². The number of aliphatic carboxylic acids is 1. The Morgan fingerprint density at radius 2 is 2.10 bits per heavy atom. The number of pyridine rings is 1. The molecular formula is C22H24N3O5S-. The van der Waals surface area contributed by atoms with Crippen LogP contribution >= 0.6 is 0 Å². The zero-order valence-corrected chi connectivity index (χ0v) is 18.1. The molecule has 2 N–H and O–H groups in total. The van der Waals surface area contributed by atoms with Gasteiger partial charge in [-0.25, -0.2) is 0 Å². The third kappa shape index (κ3) is 5.99. The molecule has 0 bridgehead atoms. The maximum absolute atomic E-state index is 11.8. The van der Waals surface area contributed by atoms with Gasteiger partial charge in [0.15, 0.2) is 0 Å². The van der Waals surface area contributed by atoms with Crippen LogP contribution in [0.25, 0.3) is 11.4 Å². The largest absolute Gasteiger partial charge is 0.772 e. The molecule has 0 radical (unpaired) electrons. The molecule has 0 spiro atoms. The average Bonchev–Trinajstić information content (AvgIpc) is 3.27. The maximum Gasteiger partial charge on any atom is 0.309 e. The number of carbonyl (C=O) groups is 1. The molecule has 0 aliphatic heterocycles. The molecule has 0 fully saturated rings. The molecule has 0 amide bonds.